The van der Waals surface area contributed by atoms with Gasteiger partial charge in [0.15, 0.2) is 0 Å². The zero-order valence-corrected chi connectivity index (χ0v) is 22.9. The first-order valence-electron chi connectivity index (χ1n) is 17.7. The summed E-state index contributed by atoms with van der Waals surface area (Å²) in [6.07, 6.45) is 0. The molecule has 0 aliphatic heterocycles. The summed E-state index contributed by atoms with van der Waals surface area (Å²) < 4.78 is 67.1. The van der Waals surface area contributed by atoms with Gasteiger partial charge in [0.2, 0.25) is 0 Å². The van der Waals surface area contributed by atoms with Gasteiger partial charge in [-0.15, -0.1) is 0 Å². The van der Waals surface area contributed by atoms with Crippen LogP contribution in [0.15, 0.2) is 162 Å². The van der Waals surface area contributed by atoms with Gasteiger partial charge in [0.05, 0.1) is 9.60 Å². The van der Waals surface area contributed by atoms with E-state index in [0.717, 1.165) is 43.8 Å². The summed E-state index contributed by atoms with van der Waals surface area (Å²) in [7, 11) is 0. The van der Waals surface area contributed by atoms with Gasteiger partial charge in [0, 0.05) is 10.8 Å². The molecule has 8 aromatic carbocycles. The molecule has 0 unspecified atom stereocenters. The van der Waals surface area contributed by atoms with E-state index in [0.29, 0.717) is 5.56 Å². The molecule has 1 aromatic heterocycles. The van der Waals surface area contributed by atoms with Gasteiger partial charge < -0.3 is 4.42 Å². The van der Waals surface area contributed by atoms with E-state index in [4.69, 9.17) is 11.3 Å². The summed E-state index contributed by atoms with van der Waals surface area (Å²) in [5.41, 5.74) is 4.87. The zero-order chi connectivity index (χ0) is 34.4. The summed E-state index contributed by atoms with van der Waals surface area (Å²) in [6, 6.07) is 36.9. The minimum atomic E-state index is -0.455. The molecule has 0 saturated heterocycles. The van der Waals surface area contributed by atoms with E-state index in [1.807, 2.05) is 60.7 Å². The van der Waals surface area contributed by atoms with E-state index < -0.39 is 12.1 Å². The average Bonchev–Trinajstić information content (AvgIpc) is 3.57. The molecular formula is C42H26O. The van der Waals surface area contributed by atoms with Gasteiger partial charge in [-0.05, 0) is 89.9 Å². The van der Waals surface area contributed by atoms with E-state index in [9.17, 15) is 2.74 Å². The first-order chi connectivity index (χ1) is 24.2. The molecule has 9 aromatic rings. The minimum Gasteiger partial charge on any atom is -0.456 e. The molecule has 0 N–H and O–H groups in total. The maximum atomic E-state index is 9.51. The number of para-hydroxylation sites is 1. The third-order valence-electron chi connectivity index (χ3n) is 8.32. The Morgan fingerprint density at radius 2 is 0.953 bits per heavy atom. The highest BCUT2D eigenvalue weighted by atomic mass is 16.3. The molecule has 0 aliphatic rings. The molecule has 0 radical (unpaired) electrons. The van der Waals surface area contributed by atoms with E-state index in [1.165, 1.54) is 10.8 Å². The van der Waals surface area contributed by atoms with Crippen molar-refractivity contribution in [2.24, 2.45) is 0 Å². The fourth-order valence-corrected chi connectivity index (χ4v) is 6.34. The highest BCUT2D eigenvalue weighted by Gasteiger charge is 2.17. The molecule has 0 atom stereocenters. The van der Waals surface area contributed by atoms with Crippen LogP contribution in [0, 0.1) is 0 Å². The topological polar surface area (TPSA) is 13.1 Å². The lowest BCUT2D eigenvalue weighted by Crippen LogP contribution is -1.91. The van der Waals surface area contributed by atoms with Crippen molar-refractivity contribution < 1.29 is 14.0 Å². The fourth-order valence-electron chi connectivity index (χ4n) is 6.34. The Kier molecular flexibility index (Phi) is 3.95. The second-order valence-electron chi connectivity index (χ2n) is 10.7. The smallest absolute Gasteiger partial charge is 0.135 e. The van der Waals surface area contributed by atoms with Crippen LogP contribution in [0.2, 0.25) is 0 Å². The van der Waals surface area contributed by atoms with E-state index in [-0.39, 0.29) is 57.7 Å². The lowest BCUT2D eigenvalue weighted by atomic mass is 9.85. The normalized spacial score (nSPS) is 14.0. The Labute approximate surface area is 259 Å². The highest BCUT2D eigenvalue weighted by Crippen LogP contribution is 2.45. The monoisotopic (exact) mass is 553 g/mol. The summed E-state index contributed by atoms with van der Waals surface area (Å²) in [6.45, 7) is 0. The van der Waals surface area contributed by atoms with Gasteiger partial charge in [0.25, 0.3) is 0 Å². The van der Waals surface area contributed by atoms with Crippen molar-refractivity contribution in [3.8, 4) is 33.4 Å². The van der Waals surface area contributed by atoms with Gasteiger partial charge in [-0.2, -0.15) is 0 Å². The predicted molar refractivity (Wildman–Crippen MR) is 183 cm³/mol. The first-order valence-corrected chi connectivity index (χ1v) is 14.2. The second kappa shape index (κ2) is 9.44. The Balaban J connectivity index is 1.32. The summed E-state index contributed by atoms with van der Waals surface area (Å²) >= 11 is 0. The Bertz CT molecular complexity index is 2830. The molecule has 1 nitrogen and oxygen atoms in total. The zero-order valence-electron chi connectivity index (χ0n) is 29.9. The molecule has 0 spiro atoms. The van der Waals surface area contributed by atoms with Gasteiger partial charge in [-0.3, -0.25) is 0 Å². The van der Waals surface area contributed by atoms with Crippen LogP contribution >= 0.6 is 0 Å². The van der Waals surface area contributed by atoms with Gasteiger partial charge in [-0.25, -0.2) is 0 Å². The third kappa shape index (κ3) is 3.79. The molecule has 9 rings (SSSR count). The maximum Gasteiger partial charge on any atom is 0.135 e. The average molecular weight is 554 g/mol. The van der Waals surface area contributed by atoms with Crippen LogP contribution in [0.3, 0.4) is 0 Å². The van der Waals surface area contributed by atoms with Crippen LogP contribution in [-0.2, 0) is 0 Å². The van der Waals surface area contributed by atoms with Crippen LogP contribution in [-0.4, -0.2) is 0 Å². The Hall–Kier alpha value is -5.66. The molecule has 0 amide bonds. The first kappa shape index (κ1) is 18.0. The molecule has 1 heterocycles. The summed E-state index contributed by atoms with van der Waals surface area (Å²) in [5, 5.41) is 5.97. The van der Waals surface area contributed by atoms with Crippen LogP contribution < -0.4 is 0 Å². The number of rotatable bonds is 3. The van der Waals surface area contributed by atoms with Crippen molar-refractivity contribution in [1.29, 1.82) is 0 Å². The molecule has 0 bridgehead atoms. The van der Waals surface area contributed by atoms with Crippen LogP contribution in [0.5, 0.6) is 0 Å². The third-order valence-corrected chi connectivity index (χ3v) is 8.32. The lowest BCUT2D eigenvalue weighted by molar-refractivity contribution is 0.669. The summed E-state index contributed by atoms with van der Waals surface area (Å²) in [5.74, 6) is 0. The van der Waals surface area contributed by atoms with Crippen LogP contribution in [0.25, 0.3) is 87.6 Å². The maximum absolute atomic E-state index is 9.51. The van der Waals surface area contributed by atoms with Crippen molar-refractivity contribution >= 4 is 54.3 Å². The van der Waals surface area contributed by atoms with E-state index in [2.05, 4.69) is 54.6 Å². The summed E-state index contributed by atoms with van der Waals surface area (Å²) in [4.78, 5) is 0. The van der Waals surface area contributed by atoms with Crippen molar-refractivity contribution in [2.45, 2.75) is 0 Å². The van der Waals surface area contributed by atoms with Crippen molar-refractivity contribution in [3.05, 3.63) is 158 Å². The fraction of sp³-hybridized carbons (Fsp3) is 0. The van der Waals surface area contributed by atoms with Gasteiger partial charge in [-0.1, -0.05) is 133 Å². The lowest BCUT2D eigenvalue weighted by Gasteiger charge is -2.18. The molecule has 0 fully saturated rings. The Morgan fingerprint density at radius 1 is 0.395 bits per heavy atom. The number of fused-ring (bicyclic) bond motifs is 6. The van der Waals surface area contributed by atoms with Crippen molar-refractivity contribution in [1.82, 2.24) is 0 Å². The van der Waals surface area contributed by atoms with Gasteiger partial charge >= 0.3 is 0 Å². The Morgan fingerprint density at radius 3 is 1.67 bits per heavy atom. The molecule has 0 aliphatic carbocycles. The standard InChI is InChI=1S/C42H26O/c1-2-10-30-25-31(22-19-27(30)9-1)28-17-20-29(21-18-28)41-34-12-3-5-14-36(34)42(37-15-6-4-13-35(37)41)32-23-24-40-38(26-32)33-11-7-8-16-39(33)43-40/h1-26H/i7D,8D,11D,16D,23D,24D,26D. The number of benzene rings is 8. The number of furan rings is 1. The highest BCUT2D eigenvalue weighted by molar-refractivity contribution is 6.22. The van der Waals surface area contributed by atoms with E-state index >= 15 is 0 Å². The largest absolute Gasteiger partial charge is 0.456 e. The predicted octanol–water partition coefficient (Wildman–Crippen LogP) is 12.0. The molecular weight excluding hydrogens is 520 g/mol. The molecule has 200 valence electrons. The quantitative estimate of drug-likeness (QED) is 0.198. The van der Waals surface area contributed by atoms with Crippen LogP contribution in [0.1, 0.15) is 9.60 Å². The number of hydrogen-bond donors (Lipinski definition) is 0. The number of hydrogen-bond acceptors (Lipinski definition) is 1. The van der Waals surface area contributed by atoms with Crippen molar-refractivity contribution in [3.63, 3.8) is 0 Å². The van der Waals surface area contributed by atoms with Crippen LogP contribution in [0.4, 0.5) is 0 Å². The van der Waals surface area contributed by atoms with E-state index in [1.54, 1.807) is 0 Å². The second-order valence-corrected chi connectivity index (χ2v) is 10.7. The molecule has 0 saturated carbocycles. The molecule has 1 heteroatoms. The molecule has 43 heavy (non-hydrogen) atoms. The van der Waals surface area contributed by atoms with Gasteiger partial charge in [0.1, 0.15) is 11.2 Å². The van der Waals surface area contributed by atoms with Crippen molar-refractivity contribution in [2.75, 3.05) is 0 Å². The SMILES string of the molecule is [2H]c1c([2H])c([2H])c2c(oc3c([2H])c([2H])c(-c4c5ccccc5c(-c5ccc(-c6ccc7ccccc7c6)cc5)c5ccccc45)c([2H])c32)c1[2H]. The minimum absolute atomic E-state index is 0.0440.